The van der Waals surface area contributed by atoms with Crippen LogP contribution in [0.15, 0.2) is 48.0 Å². The lowest BCUT2D eigenvalue weighted by molar-refractivity contribution is -0.141. The van der Waals surface area contributed by atoms with Gasteiger partial charge in [0, 0.05) is 17.2 Å². The van der Waals surface area contributed by atoms with Crippen molar-refractivity contribution in [3.05, 3.63) is 70.0 Å². The van der Waals surface area contributed by atoms with Crippen molar-refractivity contribution < 1.29 is 23.8 Å². The Morgan fingerprint density at radius 1 is 1.17 bits per heavy atom. The van der Waals surface area contributed by atoms with Gasteiger partial charge in [-0.05, 0) is 37.1 Å². The third kappa shape index (κ3) is 3.35. The minimum atomic E-state index is -0.990. The minimum absolute atomic E-state index is 0.124. The van der Waals surface area contributed by atoms with Crippen molar-refractivity contribution in [2.75, 3.05) is 7.11 Å². The monoisotopic (exact) mass is 429 g/mol. The Kier molecular flexibility index (Phi) is 5.52. The van der Waals surface area contributed by atoms with Gasteiger partial charge in [0.2, 0.25) is 0 Å². The summed E-state index contributed by atoms with van der Waals surface area (Å²) in [5.41, 5.74) is 0.328. The van der Waals surface area contributed by atoms with Gasteiger partial charge in [0.15, 0.2) is 0 Å². The molecule has 2 aromatic rings. The number of nitrogens with zero attached hydrogens (tertiary/aromatic N) is 1. The quantitative estimate of drug-likeness (QED) is 0.428. The number of hydrogen-bond acceptors (Lipinski definition) is 4. The lowest BCUT2D eigenvalue weighted by Gasteiger charge is -2.31. The molecule has 2 aliphatic rings. The fraction of sp³-hybridized carbons (Fsp3) is 0.304. The van der Waals surface area contributed by atoms with E-state index in [-0.39, 0.29) is 28.5 Å². The topological polar surface area (TPSA) is 66.8 Å². The van der Waals surface area contributed by atoms with E-state index in [2.05, 4.69) is 0 Å². The Morgan fingerprint density at radius 2 is 1.87 bits per heavy atom. The van der Waals surface area contributed by atoms with Crippen LogP contribution < -0.4 is 4.74 Å². The average molecular weight is 430 g/mol. The highest BCUT2D eigenvalue weighted by Gasteiger charge is 2.49. The van der Waals surface area contributed by atoms with E-state index in [0.717, 1.165) is 25.7 Å². The summed E-state index contributed by atoms with van der Waals surface area (Å²) in [5, 5.41) is 11.4. The minimum Gasteiger partial charge on any atom is -0.507 e. The molecular formula is C23H21ClFNO4. The van der Waals surface area contributed by atoms with Crippen molar-refractivity contribution >= 4 is 29.1 Å². The summed E-state index contributed by atoms with van der Waals surface area (Å²) < 4.78 is 20.0. The molecule has 2 aromatic carbocycles. The number of hydrogen-bond donors (Lipinski definition) is 1. The zero-order valence-electron chi connectivity index (χ0n) is 16.4. The number of methoxy groups -OCH3 is 1. The van der Waals surface area contributed by atoms with Crippen LogP contribution >= 0.6 is 11.6 Å². The number of halogens is 2. The zero-order valence-corrected chi connectivity index (χ0v) is 17.2. The predicted octanol–water partition coefficient (Wildman–Crippen LogP) is 4.85. The van der Waals surface area contributed by atoms with Gasteiger partial charge in [-0.15, -0.1) is 0 Å². The van der Waals surface area contributed by atoms with Crippen molar-refractivity contribution in [3.8, 4) is 5.75 Å². The van der Waals surface area contributed by atoms with Gasteiger partial charge in [-0.25, -0.2) is 4.39 Å². The molecule has 0 aromatic heterocycles. The summed E-state index contributed by atoms with van der Waals surface area (Å²) in [6.45, 7) is 0. The molecule has 2 fully saturated rings. The first kappa shape index (κ1) is 20.4. The molecule has 30 heavy (non-hydrogen) atoms. The number of likely N-dealkylation sites (tertiary alicyclic amines) is 1. The maximum atomic E-state index is 14.8. The average Bonchev–Trinajstić information content (AvgIpc) is 3.35. The van der Waals surface area contributed by atoms with Crippen LogP contribution in [0.5, 0.6) is 5.75 Å². The molecule has 4 rings (SSSR count). The van der Waals surface area contributed by atoms with Crippen LogP contribution in [0.25, 0.3) is 5.76 Å². The highest BCUT2D eigenvalue weighted by Crippen LogP contribution is 2.44. The fourth-order valence-electron chi connectivity index (χ4n) is 4.37. The normalized spacial score (nSPS) is 21.4. The van der Waals surface area contributed by atoms with Gasteiger partial charge < -0.3 is 14.7 Å². The number of aliphatic hydroxyl groups is 1. The van der Waals surface area contributed by atoms with Gasteiger partial charge in [-0.1, -0.05) is 42.6 Å². The maximum Gasteiger partial charge on any atom is 0.295 e. The van der Waals surface area contributed by atoms with Crippen molar-refractivity contribution in [3.63, 3.8) is 0 Å². The number of carbonyl (C=O) groups is 2. The molecule has 0 radical (unpaired) electrons. The standard InChI is InChI=1S/C23H21ClFNO4/c1-30-18-12-13(10-11-16(18)24)21(27)19-20(15-8-4-5-9-17(15)25)26(23(29)22(19)28)14-6-2-3-7-14/h4-5,8-12,14,20,27H,2-3,6-7H2,1H3/b21-19+. The molecule has 1 amide bonds. The third-order valence-corrected chi connectivity index (χ3v) is 6.13. The number of carbonyl (C=O) groups excluding carboxylic acids is 2. The van der Waals surface area contributed by atoms with E-state index < -0.39 is 23.5 Å². The molecule has 7 heteroatoms. The summed E-state index contributed by atoms with van der Waals surface area (Å²) >= 11 is 6.07. The first-order valence-electron chi connectivity index (χ1n) is 9.82. The number of benzene rings is 2. The lowest BCUT2D eigenvalue weighted by atomic mass is 9.94. The molecule has 1 atom stereocenters. The molecule has 5 nitrogen and oxygen atoms in total. The predicted molar refractivity (Wildman–Crippen MR) is 111 cm³/mol. The molecule has 1 aliphatic heterocycles. The first-order chi connectivity index (χ1) is 14.4. The van der Waals surface area contributed by atoms with Gasteiger partial charge in [-0.2, -0.15) is 0 Å². The molecule has 0 bridgehead atoms. The van der Waals surface area contributed by atoms with E-state index in [1.165, 1.54) is 36.3 Å². The van der Waals surface area contributed by atoms with Crippen LogP contribution in [0.1, 0.15) is 42.9 Å². The number of Topliss-reactive ketones (excluding diaryl/α,β-unsaturated/α-hetero) is 1. The zero-order chi connectivity index (χ0) is 21.4. The summed E-state index contributed by atoms with van der Waals surface area (Å²) in [4.78, 5) is 27.4. The van der Waals surface area contributed by atoms with Gasteiger partial charge in [-0.3, -0.25) is 9.59 Å². The summed E-state index contributed by atoms with van der Waals surface area (Å²) in [7, 11) is 1.43. The Balaban J connectivity index is 1.91. The summed E-state index contributed by atoms with van der Waals surface area (Å²) in [5.74, 6) is -2.13. The van der Waals surface area contributed by atoms with Crippen LogP contribution in [0.2, 0.25) is 5.02 Å². The molecule has 1 saturated heterocycles. The maximum absolute atomic E-state index is 14.8. The molecule has 1 unspecified atom stereocenters. The molecule has 1 N–H and O–H groups in total. The Bertz CT molecular complexity index is 1050. The smallest absolute Gasteiger partial charge is 0.295 e. The van der Waals surface area contributed by atoms with Crippen LogP contribution in [-0.2, 0) is 9.59 Å². The second-order valence-corrected chi connectivity index (χ2v) is 7.92. The summed E-state index contributed by atoms with van der Waals surface area (Å²) in [6, 6.07) is 9.41. The number of rotatable bonds is 4. The molecule has 1 heterocycles. The van der Waals surface area contributed by atoms with Crippen molar-refractivity contribution in [1.82, 2.24) is 4.90 Å². The van der Waals surface area contributed by atoms with Crippen LogP contribution in [-0.4, -0.2) is 34.8 Å². The Hall–Kier alpha value is -2.86. The Morgan fingerprint density at radius 3 is 2.53 bits per heavy atom. The fourth-order valence-corrected chi connectivity index (χ4v) is 4.57. The SMILES string of the molecule is COc1cc(/C(O)=C2\C(=O)C(=O)N(C3CCCC3)C2c2ccccc2F)ccc1Cl. The number of amides is 1. The second-order valence-electron chi connectivity index (χ2n) is 7.52. The molecular weight excluding hydrogens is 409 g/mol. The first-order valence-corrected chi connectivity index (χ1v) is 10.2. The van der Waals surface area contributed by atoms with E-state index in [4.69, 9.17) is 16.3 Å². The number of ether oxygens (including phenoxy) is 1. The highest BCUT2D eigenvalue weighted by atomic mass is 35.5. The second kappa shape index (κ2) is 8.11. The van der Waals surface area contributed by atoms with E-state index in [9.17, 15) is 19.1 Å². The third-order valence-electron chi connectivity index (χ3n) is 5.82. The van der Waals surface area contributed by atoms with E-state index in [1.807, 2.05) is 0 Å². The van der Waals surface area contributed by atoms with E-state index in [1.54, 1.807) is 18.2 Å². The van der Waals surface area contributed by atoms with Crippen molar-refractivity contribution in [2.45, 2.75) is 37.8 Å². The van der Waals surface area contributed by atoms with Crippen LogP contribution in [0.3, 0.4) is 0 Å². The number of ketones is 1. The highest BCUT2D eigenvalue weighted by molar-refractivity contribution is 6.46. The lowest BCUT2D eigenvalue weighted by Crippen LogP contribution is -2.38. The van der Waals surface area contributed by atoms with Crippen molar-refractivity contribution in [1.29, 1.82) is 0 Å². The number of aliphatic hydroxyl groups excluding tert-OH is 1. The van der Waals surface area contributed by atoms with Crippen molar-refractivity contribution in [2.24, 2.45) is 0 Å². The van der Waals surface area contributed by atoms with Crippen LogP contribution in [0, 0.1) is 5.82 Å². The van der Waals surface area contributed by atoms with Crippen LogP contribution in [0.4, 0.5) is 4.39 Å². The Labute approximate surface area is 178 Å². The molecule has 156 valence electrons. The summed E-state index contributed by atoms with van der Waals surface area (Å²) in [6.07, 6.45) is 3.36. The molecule has 1 saturated carbocycles. The largest absolute Gasteiger partial charge is 0.507 e. The van der Waals surface area contributed by atoms with E-state index >= 15 is 0 Å². The molecule has 1 aliphatic carbocycles. The van der Waals surface area contributed by atoms with Gasteiger partial charge in [0.05, 0.1) is 23.7 Å². The van der Waals surface area contributed by atoms with Gasteiger partial charge in [0.1, 0.15) is 17.3 Å². The van der Waals surface area contributed by atoms with Gasteiger partial charge in [0.25, 0.3) is 11.7 Å². The molecule has 0 spiro atoms. The van der Waals surface area contributed by atoms with E-state index in [0.29, 0.717) is 10.8 Å². The van der Waals surface area contributed by atoms with Gasteiger partial charge >= 0.3 is 0 Å².